The van der Waals surface area contributed by atoms with Gasteiger partial charge < -0.3 is 20.4 Å². The molecule has 0 saturated heterocycles. The number of aromatic nitrogens is 1. The number of H-pyrrole nitrogens is 1. The van der Waals surface area contributed by atoms with Crippen molar-refractivity contribution in [3.8, 4) is 5.75 Å². The van der Waals surface area contributed by atoms with E-state index < -0.39 is 12.0 Å². The minimum atomic E-state index is -0.525. The van der Waals surface area contributed by atoms with Gasteiger partial charge in [0.15, 0.2) is 5.75 Å². The van der Waals surface area contributed by atoms with Crippen molar-refractivity contribution >= 4 is 35.0 Å². The van der Waals surface area contributed by atoms with E-state index in [2.05, 4.69) is 15.6 Å². The topological polar surface area (TPSA) is 83.2 Å². The highest BCUT2D eigenvalue weighted by Gasteiger charge is 2.23. The molecular formula is C17H19Cl2N3O3. The number of amides is 2. The van der Waals surface area contributed by atoms with Gasteiger partial charge in [-0.25, -0.2) is 0 Å². The average molecular weight is 384 g/mol. The summed E-state index contributed by atoms with van der Waals surface area (Å²) in [7, 11) is 1.49. The molecule has 0 aliphatic rings. The van der Waals surface area contributed by atoms with Gasteiger partial charge in [-0.3, -0.25) is 9.59 Å². The molecule has 1 aromatic carbocycles. The van der Waals surface area contributed by atoms with Crippen molar-refractivity contribution in [2.24, 2.45) is 0 Å². The predicted molar refractivity (Wildman–Crippen MR) is 97.7 cm³/mol. The van der Waals surface area contributed by atoms with Gasteiger partial charge in [-0.15, -0.1) is 0 Å². The fraction of sp³-hybridized carbons (Fsp3) is 0.294. The normalized spacial score (nSPS) is 11.7. The van der Waals surface area contributed by atoms with E-state index in [9.17, 15) is 9.59 Å². The first-order chi connectivity index (χ1) is 11.9. The van der Waals surface area contributed by atoms with Crippen LogP contribution in [-0.4, -0.2) is 30.4 Å². The van der Waals surface area contributed by atoms with Crippen LogP contribution in [0.3, 0.4) is 0 Å². The first-order valence-corrected chi connectivity index (χ1v) is 8.48. The van der Waals surface area contributed by atoms with Gasteiger partial charge in [0.25, 0.3) is 11.8 Å². The maximum atomic E-state index is 12.1. The van der Waals surface area contributed by atoms with Gasteiger partial charge in [0.1, 0.15) is 17.5 Å². The van der Waals surface area contributed by atoms with Crippen LogP contribution in [0.1, 0.15) is 46.5 Å². The van der Waals surface area contributed by atoms with Crippen molar-refractivity contribution in [3.05, 3.63) is 51.3 Å². The highest BCUT2D eigenvalue weighted by atomic mass is 35.5. The molecule has 0 saturated carbocycles. The molecule has 0 aliphatic heterocycles. The molecule has 0 bridgehead atoms. The summed E-state index contributed by atoms with van der Waals surface area (Å²) in [4.78, 5) is 26.9. The fourth-order valence-corrected chi connectivity index (χ4v) is 3.05. The molecule has 6 nitrogen and oxygen atoms in total. The maximum Gasteiger partial charge on any atom is 0.271 e. The minimum absolute atomic E-state index is 0.152. The van der Waals surface area contributed by atoms with Crippen LogP contribution in [0.4, 0.5) is 0 Å². The molecule has 2 aromatic rings. The summed E-state index contributed by atoms with van der Waals surface area (Å²) < 4.78 is 5.88. The molecule has 1 unspecified atom stereocenters. The van der Waals surface area contributed by atoms with E-state index in [1.807, 2.05) is 0 Å². The Morgan fingerprint density at radius 1 is 1.24 bits per heavy atom. The lowest BCUT2D eigenvalue weighted by molar-refractivity contribution is 0.0951. The van der Waals surface area contributed by atoms with Gasteiger partial charge in [0.2, 0.25) is 0 Å². The number of hydrogen-bond acceptors (Lipinski definition) is 3. The third kappa shape index (κ3) is 4.27. The summed E-state index contributed by atoms with van der Waals surface area (Å²) in [6, 6.07) is 6.64. The fourth-order valence-electron chi connectivity index (χ4n) is 2.35. The van der Waals surface area contributed by atoms with Gasteiger partial charge in [-0.2, -0.15) is 0 Å². The van der Waals surface area contributed by atoms with Crippen LogP contribution in [-0.2, 0) is 0 Å². The molecule has 0 radical (unpaired) electrons. The zero-order valence-corrected chi connectivity index (χ0v) is 15.6. The Morgan fingerprint density at radius 2 is 1.88 bits per heavy atom. The van der Waals surface area contributed by atoms with E-state index in [-0.39, 0.29) is 23.0 Å². The lowest BCUT2D eigenvalue weighted by Gasteiger charge is -2.17. The molecule has 134 valence electrons. The monoisotopic (exact) mass is 383 g/mol. The molecule has 1 aromatic heterocycles. The van der Waals surface area contributed by atoms with E-state index in [1.165, 1.54) is 13.1 Å². The van der Waals surface area contributed by atoms with E-state index in [1.54, 1.807) is 32.0 Å². The molecule has 1 heterocycles. The Bertz CT molecular complexity index is 769. The molecule has 2 amide bonds. The number of nitrogens with one attached hydrogen (secondary N) is 3. The van der Waals surface area contributed by atoms with Crippen molar-refractivity contribution in [3.63, 3.8) is 0 Å². The van der Waals surface area contributed by atoms with Crippen molar-refractivity contribution in [2.75, 3.05) is 13.6 Å². The number of ether oxygens (including phenoxy) is 1. The van der Waals surface area contributed by atoms with Crippen molar-refractivity contribution in [1.82, 2.24) is 15.6 Å². The smallest absolute Gasteiger partial charge is 0.271 e. The summed E-state index contributed by atoms with van der Waals surface area (Å²) in [6.45, 7) is 4.04. The number of benzene rings is 1. The molecule has 8 heteroatoms. The number of carbonyl (C=O) groups is 2. The lowest BCUT2D eigenvalue weighted by atomic mass is 10.1. The highest BCUT2D eigenvalue weighted by molar-refractivity contribution is 6.36. The largest absolute Gasteiger partial charge is 0.483 e. The number of halogens is 2. The Kier molecular flexibility index (Phi) is 6.33. The Labute approximate surface area is 155 Å². The van der Waals surface area contributed by atoms with E-state index in [4.69, 9.17) is 27.9 Å². The Balaban J connectivity index is 2.37. The van der Waals surface area contributed by atoms with Gasteiger partial charge in [-0.1, -0.05) is 29.3 Å². The van der Waals surface area contributed by atoms with Crippen LogP contribution in [0.5, 0.6) is 5.75 Å². The second kappa shape index (κ2) is 8.27. The molecule has 1 atom stereocenters. The maximum absolute atomic E-state index is 12.1. The second-order valence-electron chi connectivity index (χ2n) is 5.26. The number of aromatic amines is 1. The van der Waals surface area contributed by atoms with Crippen LogP contribution in [0.15, 0.2) is 24.3 Å². The molecule has 0 aliphatic carbocycles. The van der Waals surface area contributed by atoms with E-state index in [0.717, 1.165) is 0 Å². The first kappa shape index (κ1) is 19.1. The lowest BCUT2D eigenvalue weighted by Crippen LogP contribution is -2.23. The van der Waals surface area contributed by atoms with Crippen molar-refractivity contribution in [2.45, 2.75) is 20.0 Å². The zero-order chi connectivity index (χ0) is 18.6. The number of rotatable bonds is 6. The van der Waals surface area contributed by atoms with Crippen LogP contribution < -0.4 is 15.4 Å². The quantitative estimate of drug-likeness (QED) is 0.712. The summed E-state index contributed by atoms with van der Waals surface area (Å²) in [5, 5.41) is 6.09. The van der Waals surface area contributed by atoms with Crippen LogP contribution >= 0.6 is 23.2 Å². The van der Waals surface area contributed by atoms with Gasteiger partial charge in [-0.05, 0) is 26.0 Å². The molecule has 2 rings (SSSR count). The van der Waals surface area contributed by atoms with Gasteiger partial charge in [0.05, 0.1) is 0 Å². The summed E-state index contributed by atoms with van der Waals surface area (Å²) in [5.41, 5.74) is 0.987. The Morgan fingerprint density at radius 3 is 2.44 bits per heavy atom. The average Bonchev–Trinajstić information content (AvgIpc) is 2.98. The van der Waals surface area contributed by atoms with Crippen LogP contribution in [0.2, 0.25) is 10.0 Å². The summed E-state index contributed by atoms with van der Waals surface area (Å²) in [6.07, 6.45) is -0.525. The van der Waals surface area contributed by atoms with Gasteiger partial charge >= 0.3 is 0 Å². The van der Waals surface area contributed by atoms with Crippen molar-refractivity contribution < 1.29 is 14.3 Å². The zero-order valence-electron chi connectivity index (χ0n) is 14.1. The summed E-state index contributed by atoms with van der Waals surface area (Å²) in [5.74, 6) is -0.488. The third-order valence-electron chi connectivity index (χ3n) is 3.53. The molecule has 25 heavy (non-hydrogen) atoms. The molecule has 3 N–H and O–H groups in total. The standard InChI is InChI=1S/C17H19Cl2N3O3/c1-4-21-16(23)12-8-13(15(22-12)17(24)20-3)25-9(2)14-10(18)6-5-7-11(14)19/h5-9,22H,4H2,1-3H3,(H,20,24)(H,21,23). The number of carbonyl (C=O) groups excluding carboxylic acids is 2. The minimum Gasteiger partial charge on any atom is -0.483 e. The SMILES string of the molecule is CCNC(=O)c1cc(OC(C)c2c(Cl)cccc2Cl)c(C(=O)NC)[nH]1. The van der Waals surface area contributed by atoms with Crippen LogP contribution in [0.25, 0.3) is 0 Å². The summed E-state index contributed by atoms with van der Waals surface area (Å²) >= 11 is 12.4. The first-order valence-electron chi connectivity index (χ1n) is 7.72. The molecule has 0 spiro atoms. The third-order valence-corrected chi connectivity index (χ3v) is 4.19. The number of hydrogen-bond donors (Lipinski definition) is 3. The Hall–Kier alpha value is -2.18. The van der Waals surface area contributed by atoms with Crippen molar-refractivity contribution in [1.29, 1.82) is 0 Å². The van der Waals surface area contributed by atoms with Crippen LogP contribution in [0, 0.1) is 0 Å². The van der Waals surface area contributed by atoms with E-state index >= 15 is 0 Å². The highest BCUT2D eigenvalue weighted by Crippen LogP contribution is 2.34. The van der Waals surface area contributed by atoms with E-state index in [0.29, 0.717) is 22.2 Å². The molecular weight excluding hydrogens is 365 g/mol. The van der Waals surface area contributed by atoms with Gasteiger partial charge in [0, 0.05) is 35.3 Å². The molecule has 0 fully saturated rings. The predicted octanol–water partition coefficient (Wildman–Crippen LogP) is 3.57. The second-order valence-corrected chi connectivity index (χ2v) is 6.07.